The number of nitrogens with zero attached hydrogens (tertiary/aromatic N) is 3. The van der Waals surface area contributed by atoms with Crippen LogP contribution in [0.15, 0.2) is 30.5 Å². The van der Waals surface area contributed by atoms with Gasteiger partial charge in [0.25, 0.3) is 0 Å². The third-order valence-corrected chi connectivity index (χ3v) is 4.78. The van der Waals surface area contributed by atoms with Crippen molar-refractivity contribution >= 4 is 0 Å². The van der Waals surface area contributed by atoms with Gasteiger partial charge in [-0.2, -0.15) is 5.10 Å². The summed E-state index contributed by atoms with van der Waals surface area (Å²) in [6.45, 7) is 7.82. The van der Waals surface area contributed by atoms with Crippen LogP contribution in [0.25, 0.3) is 0 Å². The third-order valence-electron chi connectivity index (χ3n) is 4.78. The SMILES string of the molecule is COc1cccc(C2CC(O)CN2Cc2cn(C(C)C)nc2C)c1. The molecular formula is C19H27N3O2. The molecule has 3 rings (SSSR count). The van der Waals surface area contributed by atoms with Crippen LogP contribution in [0.5, 0.6) is 5.75 Å². The number of ether oxygens (including phenoxy) is 1. The molecule has 0 radical (unpaired) electrons. The summed E-state index contributed by atoms with van der Waals surface area (Å²) < 4.78 is 7.36. The average molecular weight is 329 g/mol. The molecule has 2 heterocycles. The van der Waals surface area contributed by atoms with Gasteiger partial charge >= 0.3 is 0 Å². The standard InChI is InChI=1S/C19H27N3O2/c1-13(2)22-11-16(14(3)20-22)10-21-12-17(23)9-19(21)15-6-5-7-18(8-15)24-4/h5-8,11,13,17,19,23H,9-10,12H2,1-4H3. The minimum atomic E-state index is -0.290. The molecule has 1 aromatic heterocycles. The van der Waals surface area contributed by atoms with Crippen molar-refractivity contribution in [2.75, 3.05) is 13.7 Å². The molecule has 2 atom stereocenters. The fourth-order valence-corrected chi connectivity index (χ4v) is 3.41. The topological polar surface area (TPSA) is 50.5 Å². The minimum Gasteiger partial charge on any atom is -0.497 e. The Bertz CT molecular complexity index is 696. The third kappa shape index (κ3) is 3.47. The van der Waals surface area contributed by atoms with Crippen LogP contribution in [0.3, 0.4) is 0 Å². The van der Waals surface area contributed by atoms with Crippen molar-refractivity contribution in [1.82, 2.24) is 14.7 Å². The molecule has 2 unspecified atom stereocenters. The zero-order chi connectivity index (χ0) is 17.3. The summed E-state index contributed by atoms with van der Waals surface area (Å²) in [5.41, 5.74) is 3.49. The van der Waals surface area contributed by atoms with Crippen LogP contribution in [0, 0.1) is 6.92 Å². The lowest BCUT2D eigenvalue weighted by atomic mass is 10.0. The Labute approximate surface area is 143 Å². The highest BCUT2D eigenvalue weighted by Crippen LogP contribution is 2.35. The zero-order valence-electron chi connectivity index (χ0n) is 14.9. The number of benzene rings is 1. The van der Waals surface area contributed by atoms with E-state index in [0.29, 0.717) is 12.6 Å². The van der Waals surface area contributed by atoms with Gasteiger partial charge in [0, 0.05) is 36.9 Å². The van der Waals surface area contributed by atoms with Crippen LogP contribution >= 0.6 is 0 Å². The summed E-state index contributed by atoms with van der Waals surface area (Å²) in [4.78, 5) is 2.34. The Hall–Kier alpha value is -1.85. The average Bonchev–Trinajstić information content (AvgIpc) is 3.11. The van der Waals surface area contributed by atoms with Crippen molar-refractivity contribution in [1.29, 1.82) is 0 Å². The lowest BCUT2D eigenvalue weighted by Gasteiger charge is -2.24. The number of hydrogen-bond acceptors (Lipinski definition) is 4. The molecular weight excluding hydrogens is 302 g/mol. The fourth-order valence-electron chi connectivity index (χ4n) is 3.41. The van der Waals surface area contributed by atoms with E-state index in [1.807, 2.05) is 16.8 Å². The minimum absolute atomic E-state index is 0.205. The van der Waals surface area contributed by atoms with Crippen molar-refractivity contribution in [3.05, 3.63) is 47.3 Å². The van der Waals surface area contributed by atoms with Crippen molar-refractivity contribution in [2.45, 2.75) is 51.9 Å². The number of aromatic nitrogens is 2. The second-order valence-electron chi connectivity index (χ2n) is 6.92. The lowest BCUT2D eigenvalue weighted by Crippen LogP contribution is -2.24. The predicted octanol–water partition coefficient (Wildman–Crippen LogP) is 3.09. The number of rotatable bonds is 5. The number of aliphatic hydroxyl groups excluding tert-OH is 1. The van der Waals surface area contributed by atoms with Gasteiger partial charge in [0.2, 0.25) is 0 Å². The highest BCUT2D eigenvalue weighted by molar-refractivity contribution is 5.31. The molecule has 5 heteroatoms. The van der Waals surface area contributed by atoms with Crippen molar-refractivity contribution in [2.24, 2.45) is 0 Å². The van der Waals surface area contributed by atoms with Crippen molar-refractivity contribution in [3.63, 3.8) is 0 Å². The molecule has 1 N–H and O–H groups in total. The molecule has 24 heavy (non-hydrogen) atoms. The molecule has 5 nitrogen and oxygen atoms in total. The summed E-state index contributed by atoms with van der Waals surface area (Å²) in [6.07, 6.45) is 2.60. The van der Waals surface area contributed by atoms with E-state index in [4.69, 9.17) is 4.74 Å². The molecule has 1 fully saturated rings. The van der Waals surface area contributed by atoms with Gasteiger partial charge in [0.1, 0.15) is 5.75 Å². The van der Waals surface area contributed by atoms with Gasteiger partial charge in [0.05, 0.1) is 18.9 Å². The maximum atomic E-state index is 10.2. The Morgan fingerprint density at radius 2 is 2.17 bits per heavy atom. The molecule has 0 saturated carbocycles. The first-order valence-corrected chi connectivity index (χ1v) is 8.58. The second kappa shape index (κ2) is 6.95. The molecule has 0 aliphatic carbocycles. The van der Waals surface area contributed by atoms with Crippen LogP contribution < -0.4 is 4.74 Å². The predicted molar refractivity (Wildman–Crippen MR) is 94.1 cm³/mol. The first-order valence-electron chi connectivity index (χ1n) is 8.58. The van der Waals surface area contributed by atoms with Gasteiger partial charge in [0.15, 0.2) is 0 Å². The van der Waals surface area contributed by atoms with Crippen molar-refractivity contribution < 1.29 is 9.84 Å². The number of methoxy groups -OCH3 is 1. The largest absolute Gasteiger partial charge is 0.497 e. The van der Waals surface area contributed by atoms with E-state index in [0.717, 1.165) is 24.4 Å². The van der Waals surface area contributed by atoms with Gasteiger partial charge in [-0.15, -0.1) is 0 Å². The summed E-state index contributed by atoms with van der Waals surface area (Å²) in [5, 5.41) is 14.8. The molecule has 1 aromatic carbocycles. The van der Waals surface area contributed by atoms with Gasteiger partial charge in [-0.1, -0.05) is 12.1 Å². The van der Waals surface area contributed by atoms with Gasteiger partial charge in [-0.05, 0) is 44.9 Å². The van der Waals surface area contributed by atoms with E-state index in [2.05, 4.69) is 49.1 Å². The summed E-state index contributed by atoms with van der Waals surface area (Å²) in [5.74, 6) is 0.859. The van der Waals surface area contributed by atoms with Gasteiger partial charge in [-0.3, -0.25) is 9.58 Å². The van der Waals surface area contributed by atoms with Crippen molar-refractivity contribution in [3.8, 4) is 5.75 Å². The number of aryl methyl sites for hydroxylation is 1. The van der Waals surface area contributed by atoms with Gasteiger partial charge in [-0.25, -0.2) is 0 Å². The number of β-amino-alcohol motifs (C(OH)–C–C–N with tert-alkyl or cyclic N) is 1. The van der Waals surface area contributed by atoms with Crippen LogP contribution in [0.2, 0.25) is 0 Å². The van der Waals surface area contributed by atoms with E-state index in [9.17, 15) is 5.11 Å². The number of hydrogen-bond donors (Lipinski definition) is 1. The molecule has 0 spiro atoms. The van der Waals surface area contributed by atoms with Gasteiger partial charge < -0.3 is 9.84 Å². The first kappa shape index (κ1) is 17.0. The quantitative estimate of drug-likeness (QED) is 0.916. The Morgan fingerprint density at radius 1 is 1.38 bits per heavy atom. The number of aliphatic hydroxyl groups is 1. The monoisotopic (exact) mass is 329 g/mol. The van der Waals surface area contributed by atoms with Crippen LogP contribution in [0.4, 0.5) is 0 Å². The summed E-state index contributed by atoms with van der Waals surface area (Å²) in [6, 6.07) is 8.71. The van der Waals surface area contributed by atoms with E-state index in [-0.39, 0.29) is 12.1 Å². The Balaban J connectivity index is 1.83. The Morgan fingerprint density at radius 3 is 2.83 bits per heavy atom. The lowest BCUT2D eigenvalue weighted by molar-refractivity contribution is 0.172. The molecule has 130 valence electrons. The fraction of sp³-hybridized carbons (Fsp3) is 0.526. The molecule has 0 bridgehead atoms. The molecule has 1 aliphatic heterocycles. The normalized spacial score (nSPS) is 21.6. The van der Waals surface area contributed by atoms with Crippen LogP contribution in [-0.4, -0.2) is 39.5 Å². The number of likely N-dealkylation sites (tertiary alicyclic amines) is 1. The smallest absolute Gasteiger partial charge is 0.119 e. The maximum absolute atomic E-state index is 10.2. The molecule has 1 saturated heterocycles. The summed E-state index contributed by atoms with van der Waals surface area (Å²) in [7, 11) is 1.68. The molecule has 1 aliphatic rings. The molecule has 2 aromatic rings. The van der Waals surface area contributed by atoms with E-state index in [1.165, 1.54) is 11.1 Å². The van der Waals surface area contributed by atoms with E-state index < -0.39 is 0 Å². The second-order valence-corrected chi connectivity index (χ2v) is 6.92. The highest BCUT2D eigenvalue weighted by atomic mass is 16.5. The van der Waals surface area contributed by atoms with Crippen LogP contribution in [0.1, 0.15) is 49.2 Å². The highest BCUT2D eigenvalue weighted by Gasteiger charge is 2.32. The maximum Gasteiger partial charge on any atom is 0.119 e. The Kier molecular flexibility index (Phi) is 4.92. The van der Waals surface area contributed by atoms with E-state index in [1.54, 1.807) is 7.11 Å². The first-order chi connectivity index (χ1) is 11.5. The summed E-state index contributed by atoms with van der Waals surface area (Å²) >= 11 is 0. The van der Waals surface area contributed by atoms with E-state index >= 15 is 0 Å². The zero-order valence-corrected chi connectivity index (χ0v) is 14.9. The van der Waals surface area contributed by atoms with Crippen LogP contribution in [-0.2, 0) is 6.54 Å². The molecule has 0 amide bonds.